The predicted octanol–water partition coefficient (Wildman–Crippen LogP) is 3.50. The molecule has 0 heterocycles. The molecule has 3 heteroatoms. The molecule has 20 heavy (non-hydrogen) atoms. The fraction of sp³-hybridized carbons (Fsp3) is 0.588. The molecular weight excluding hydrogens is 250 g/mol. The zero-order chi connectivity index (χ0) is 14.8. The van der Waals surface area contributed by atoms with Crippen LogP contribution in [0.15, 0.2) is 30.3 Å². The quantitative estimate of drug-likeness (QED) is 0.702. The molecule has 0 saturated heterocycles. The van der Waals surface area contributed by atoms with Gasteiger partial charge in [-0.05, 0) is 32.3 Å². The fourth-order valence-electron chi connectivity index (χ4n) is 2.15. The summed E-state index contributed by atoms with van der Waals surface area (Å²) in [5, 5.41) is 3.02. The van der Waals surface area contributed by atoms with Gasteiger partial charge in [-0.15, -0.1) is 0 Å². The summed E-state index contributed by atoms with van der Waals surface area (Å²) in [4.78, 5) is 12.3. The summed E-state index contributed by atoms with van der Waals surface area (Å²) < 4.78 is 5.46. The Morgan fingerprint density at radius 2 is 1.95 bits per heavy atom. The molecule has 0 saturated carbocycles. The minimum Gasteiger partial charge on any atom is -0.379 e. The molecule has 0 radical (unpaired) electrons. The van der Waals surface area contributed by atoms with Crippen molar-refractivity contribution in [2.45, 2.75) is 52.1 Å². The van der Waals surface area contributed by atoms with Crippen LogP contribution >= 0.6 is 0 Å². The van der Waals surface area contributed by atoms with Gasteiger partial charge < -0.3 is 10.1 Å². The molecule has 112 valence electrons. The molecule has 1 amide bonds. The molecule has 1 atom stereocenters. The van der Waals surface area contributed by atoms with E-state index in [1.54, 1.807) is 0 Å². The van der Waals surface area contributed by atoms with Crippen LogP contribution in [-0.2, 0) is 9.53 Å². The Balaban J connectivity index is 2.41. The minimum atomic E-state index is -0.0350. The van der Waals surface area contributed by atoms with Gasteiger partial charge in [0, 0.05) is 13.2 Å². The van der Waals surface area contributed by atoms with Crippen LogP contribution in [0.3, 0.4) is 0 Å². The second kappa shape index (κ2) is 9.54. The number of nitrogens with one attached hydrogen (secondary N) is 1. The average Bonchev–Trinajstić information content (AvgIpc) is 2.44. The number of hydrogen-bond donors (Lipinski definition) is 1. The Labute approximate surface area is 122 Å². The van der Waals surface area contributed by atoms with Crippen molar-refractivity contribution in [2.24, 2.45) is 0 Å². The Hall–Kier alpha value is -1.35. The van der Waals surface area contributed by atoms with E-state index >= 15 is 0 Å². The number of benzene rings is 1. The van der Waals surface area contributed by atoms with Crippen molar-refractivity contribution in [1.29, 1.82) is 0 Å². The van der Waals surface area contributed by atoms with E-state index in [1.807, 2.05) is 44.2 Å². The highest BCUT2D eigenvalue weighted by atomic mass is 16.5. The molecule has 3 nitrogen and oxygen atoms in total. The van der Waals surface area contributed by atoms with Gasteiger partial charge in [-0.25, -0.2) is 0 Å². The first-order chi connectivity index (χ1) is 9.65. The van der Waals surface area contributed by atoms with E-state index in [1.165, 1.54) is 0 Å². The smallest absolute Gasteiger partial charge is 0.227 e. The number of carbonyl (C=O) groups excluding carboxylic acids is 1. The van der Waals surface area contributed by atoms with Crippen LogP contribution in [0.25, 0.3) is 0 Å². The molecule has 0 aromatic heterocycles. The van der Waals surface area contributed by atoms with Gasteiger partial charge in [0.25, 0.3) is 0 Å². The van der Waals surface area contributed by atoms with Crippen LogP contribution in [-0.4, -0.2) is 25.2 Å². The van der Waals surface area contributed by atoms with Crippen LogP contribution in [0, 0.1) is 0 Å². The van der Waals surface area contributed by atoms with Crippen molar-refractivity contribution in [2.75, 3.05) is 13.2 Å². The van der Waals surface area contributed by atoms with Crippen molar-refractivity contribution in [3.8, 4) is 0 Å². The normalized spacial score (nSPS) is 12.4. The van der Waals surface area contributed by atoms with Gasteiger partial charge in [0.1, 0.15) is 0 Å². The lowest BCUT2D eigenvalue weighted by atomic mass is 9.93. The highest BCUT2D eigenvalue weighted by Gasteiger charge is 2.18. The summed E-state index contributed by atoms with van der Waals surface area (Å²) >= 11 is 0. The van der Waals surface area contributed by atoms with E-state index in [4.69, 9.17) is 4.74 Å². The van der Waals surface area contributed by atoms with Crippen molar-refractivity contribution < 1.29 is 9.53 Å². The Morgan fingerprint density at radius 3 is 2.55 bits per heavy atom. The van der Waals surface area contributed by atoms with E-state index in [0.717, 1.165) is 24.8 Å². The largest absolute Gasteiger partial charge is 0.379 e. The third-order valence-electron chi connectivity index (χ3n) is 3.17. The maximum absolute atomic E-state index is 12.3. The summed E-state index contributed by atoms with van der Waals surface area (Å²) in [7, 11) is 0. The minimum absolute atomic E-state index is 0.0350. The fourth-order valence-corrected chi connectivity index (χ4v) is 2.15. The number of hydrogen-bond acceptors (Lipinski definition) is 2. The van der Waals surface area contributed by atoms with Crippen LogP contribution in [0.1, 0.15) is 51.5 Å². The monoisotopic (exact) mass is 277 g/mol. The summed E-state index contributed by atoms with van der Waals surface area (Å²) in [6, 6.07) is 10.0. The van der Waals surface area contributed by atoms with Crippen molar-refractivity contribution in [3.05, 3.63) is 35.9 Å². The molecular formula is C17H27NO2. The van der Waals surface area contributed by atoms with E-state index in [-0.39, 0.29) is 17.9 Å². The van der Waals surface area contributed by atoms with Gasteiger partial charge in [0.05, 0.1) is 12.0 Å². The zero-order valence-corrected chi connectivity index (χ0v) is 12.9. The maximum atomic E-state index is 12.3. The molecule has 1 unspecified atom stereocenters. The standard InChI is InChI=1S/C17H27NO2/c1-4-9-16(15-10-6-5-7-11-15)17(19)18-12-8-13-20-14(2)3/h5-7,10-11,14,16H,4,8-9,12-13H2,1-3H3,(H,18,19). The zero-order valence-electron chi connectivity index (χ0n) is 12.9. The van der Waals surface area contributed by atoms with Crippen LogP contribution in [0.4, 0.5) is 0 Å². The first-order valence-electron chi connectivity index (χ1n) is 7.59. The third-order valence-corrected chi connectivity index (χ3v) is 3.17. The summed E-state index contributed by atoms with van der Waals surface area (Å²) in [5.74, 6) is 0.0924. The topological polar surface area (TPSA) is 38.3 Å². The van der Waals surface area contributed by atoms with Crippen LogP contribution < -0.4 is 5.32 Å². The molecule has 1 aromatic carbocycles. The second-order valence-electron chi connectivity index (χ2n) is 5.32. The lowest BCUT2D eigenvalue weighted by Crippen LogP contribution is -2.30. The van der Waals surface area contributed by atoms with E-state index in [2.05, 4.69) is 12.2 Å². The Morgan fingerprint density at radius 1 is 1.25 bits per heavy atom. The molecule has 0 aliphatic rings. The number of carbonyl (C=O) groups is 1. The van der Waals surface area contributed by atoms with Crippen LogP contribution in [0.5, 0.6) is 0 Å². The van der Waals surface area contributed by atoms with Gasteiger partial charge in [0.2, 0.25) is 5.91 Å². The van der Waals surface area contributed by atoms with Crippen LogP contribution in [0.2, 0.25) is 0 Å². The number of rotatable bonds is 9. The van der Waals surface area contributed by atoms with Crippen molar-refractivity contribution in [1.82, 2.24) is 5.32 Å². The average molecular weight is 277 g/mol. The summed E-state index contributed by atoms with van der Waals surface area (Å²) in [6.07, 6.45) is 3.00. The highest BCUT2D eigenvalue weighted by Crippen LogP contribution is 2.21. The SMILES string of the molecule is CCCC(C(=O)NCCCOC(C)C)c1ccccc1. The van der Waals surface area contributed by atoms with Gasteiger partial charge in [-0.1, -0.05) is 43.7 Å². The third kappa shape index (κ3) is 6.20. The Kier molecular flexibility index (Phi) is 7.97. The first kappa shape index (κ1) is 16.7. The van der Waals surface area contributed by atoms with Crippen molar-refractivity contribution in [3.63, 3.8) is 0 Å². The molecule has 0 fully saturated rings. The molecule has 1 aromatic rings. The summed E-state index contributed by atoms with van der Waals surface area (Å²) in [5.41, 5.74) is 1.10. The highest BCUT2D eigenvalue weighted by molar-refractivity contribution is 5.83. The van der Waals surface area contributed by atoms with Crippen molar-refractivity contribution >= 4 is 5.91 Å². The van der Waals surface area contributed by atoms with Gasteiger partial charge in [-0.2, -0.15) is 0 Å². The Bertz CT molecular complexity index is 376. The molecule has 0 spiro atoms. The molecule has 0 bridgehead atoms. The van der Waals surface area contributed by atoms with Gasteiger partial charge >= 0.3 is 0 Å². The second-order valence-corrected chi connectivity index (χ2v) is 5.32. The molecule has 0 aliphatic carbocycles. The predicted molar refractivity (Wildman–Crippen MR) is 82.8 cm³/mol. The molecule has 1 N–H and O–H groups in total. The van der Waals surface area contributed by atoms with E-state index in [9.17, 15) is 4.79 Å². The molecule has 0 aliphatic heterocycles. The number of amides is 1. The van der Waals surface area contributed by atoms with E-state index < -0.39 is 0 Å². The lowest BCUT2D eigenvalue weighted by molar-refractivity contribution is -0.122. The van der Waals surface area contributed by atoms with Gasteiger partial charge in [-0.3, -0.25) is 4.79 Å². The maximum Gasteiger partial charge on any atom is 0.227 e. The number of ether oxygens (including phenoxy) is 1. The van der Waals surface area contributed by atoms with E-state index in [0.29, 0.717) is 13.2 Å². The summed E-state index contributed by atoms with van der Waals surface area (Å²) in [6.45, 7) is 7.52. The van der Waals surface area contributed by atoms with Gasteiger partial charge in [0.15, 0.2) is 0 Å². The molecule has 1 rings (SSSR count). The lowest BCUT2D eigenvalue weighted by Gasteiger charge is -2.16. The first-order valence-corrected chi connectivity index (χ1v) is 7.59.